The molecule has 0 spiro atoms. The third-order valence-electron chi connectivity index (χ3n) is 5.87. The molecule has 8 heteroatoms. The van der Waals surface area contributed by atoms with E-state index in [4.69, 9.17) is 16.6 Å². The van der Waals surface area contributed by atoms with Crippen molar-refractivity contribution in [1.82, 2.24) is 29.9 Å². The van der Waals surface area contributed by atoms with Crippen LogP contribution in [0.1, 0.15) is 36.8 Å². The number of imidazole rings is 1. The van der Waals surface area contributed by atoms with Gasteiger partial charge in [-0.05, 0) is 51.3 Å². The minimum atomic E-state index is -0.295. The van der Waals surface area contributed by atoms with Gasteiger partial charge >= 0.3 is 0 Å². The zero-order valence-electron chi connectivity index (χ0n) is 16.6. The average molecular weight is 407 g/mol. The summed E-state index contributed by atoms with van der Waals surface area (Å²) in [5.41, 5.74) is 5.22. The molecule has 4 aromatic rings. The molecule has 1 aliphatic rings. The highest BCUT2D eigenvalue weighted by Gasteiger charge is 2.42. The summed E-state index contributed by atoms with van der Waals surface area (Å²) in [6, 6.07) is 7.38. The first-order chi connectivity index (χ1) is 14.0. The van der Waals surface area contributed by atoms with Gasteiger partial charge in [-0.2, -0.15) is 10.2 Å². The van der Waals surface area contributed by atoms with Crippen molar-refractivity contribution >= 4 is 28.3 Å². The molecule has 5 rings (SSSR count). The van der Waals surface area contributed by atoms with Crippen molar-refractivity contribution in [3.63, 3.8) is 0 Å². The van der Waals surface area contributed by atoms with Gasteiger partial charge < -0.3 is 9.88 Å². The number of aromatic nitrogens is 6. The van der Waals surface area contributed by atoms with Crippen LogP contribution in [0.5, 0.6) is 0 Å². The first kappa shape index (κ1) is 18.1. The number of anilines is 1. The lowest BCUT2D eigenvalue weighted by Gasteiger charge is -2.36. The van der Waals surface area contributed by atoms with Crippen molar-refractivity contribution < 1.29 is 0 Å². The fourth-order valence-electron chi connectivity index (χ4n) is 4.18. The van der Waals surface area contributed by atoms with Gasteiger partial charge in [0.2, 0.25) is 0 Å². The van der Waals surface area contributed by atoms with Crippen molar-refractivity contribution in [3.8, 4) is 5.69 Å². The molecular formula is C21H21ClN7. The number of halogens is 1. The normalized spacial score (nSPS) is 19.4. The van der Waals surface area contributed by atoms with Gasteiger partial charge in [0.15, 0.2) is 0 Å². The second-order valence-electron chi connectivity index (χ2n) is 7.70. The molecule has 0 bridgehead atoms. The predicted octanol–water partition coefficient (Wildman–Crippen LogP) is 4.12. The zero-order valence-corrected chi connectivity index (χ0v) is 17.3. The standard InChI is InChI=1S/C21H21ClN7/c1-13-16(22)5-6-17-19(13)27-20(26-17)21(3)7-4-10-28(21)18-11-15(12-23-14(18)2)29-24-8-9-25-29/h5-6,8-9,12H,4,7,10H2,1-3H3,(H,26,27)/t21-/m0/s1. The minimum absolute atomic E-state index is 0.295. The molecule has 3 aromatic heterocycles. The van der Waals surface area contributed by atoms with E-state index in [1.807, 2.05) is 26.0 Å². The first-order valence-corrected chi connectivity index (χ1v) is 10.0. The lowest BCUT2D eigenvalue weighted by Crippen LogP contribution is -2.40. The first-order valence-electron chi connectivity index (χ1n) is 9.66. The quantitative estimate of drug-likeness (QED) is 0.553. The fraction of sp³-hybridized carbons (Fsp3) is 0.333. The van der Waals surface area contributed by atoms with Crippen molar-refractivity contribution in [1.29, 1.82) is 0 Å². The van der Waals surface area contributed by atoms with Crippen LogP contribution in [0.25, 0.3) is 16.7 Å². The van der Waals surface area contributed by atoms with Crippen LogP contribution in [0.15, 0.2) is 30.7 Å². The summed E-state index contributed by atoms with van der Waals surface area (Å²) in [6.07, 6.45) is 7.09. The van der Waals surface area contributed by atoms with Gasteiger partial charge in [0.25, 0.3) is 0 Å². The van der Waals surface area contributed by atoms with Gasteiger partial charge in [-0.1, -0.05) is 11.6 Å². The second kappa shape index (κ2) is 6.56. The molecule has 1 N–H and O–H groups in total. The van der Waals surface area contributed by atoms with Crippen molar-refractivity contribution in [2.24, 2.45) is 0 Å². The minimum Gasteiger partial charge on any atom is -0.357 e. The molecule has 4 heterocycles. The topological polar surface area (TPSA) is 75.5 Å². The highest BCUT2D eigenvalue weighted by atomic mass is 35.5. The monoisotopic (exact) mass is 406 g/mol. The Morgan fingerprint density at radius 2 is 2.00 bits per heavy atom. The maximum Gasteiger partial charge on any atom is 0.132 e. The molecule has 1 saturated heterocycles. The lowest BCUT2D eigenvalue weighted by molar-refractivity contribution is 0.465. The highest BCUT2D eigenvalue weighted by molar-refractivity contribution is 6.32. The van der Waals surface area contributed by atoms with Crippen molar-refractivity contribution in [2.75, 3.05) is 11.4 Å². The lowest BCUT2D eigenvalue weighted by atomic mass is 9.97. The van der Waals surface area contributed by atoms with Crippen LogP contribution in [0.3, 0.4) is 0 Å². The second-order valence-corrected chi connectivity index (χ2v) is 8.11. The van der Waals surface area contributed by atoms with Gasteiger partial charge in [-0.3, -0.25) is 4.98 Å². The van der Waals surface area contributed by atoms with E-state index >= 15 is 0 Å². The largest absolute Gasteiger partial charge is 0.357 e. The van der Waals surface area contributed by atoms with E-state index in [0.29, 0.717) is 0 Å². The number of aryl methyl sites for hydroxylation is 2. The van der Waals surface area contributed by atoms with Gasteiger partial charge in [0.05, 0.1) is 46.5 Å². The summed E-state index contributed by atoms with van der Waals surface area (Å²) in [5, 5.41) is 9.15. The number of nitrogens with one attached hydrogen (secondary N) is 1. The number of H-pyrrole nitrogens is 1. The number of pyridine rings is 1. The summed E-state index contributed by atoms with van der Waals surface area (Å²) in [5.74, 6) is 0.936. The Morgan fingerprint density at radius 3 is 2.79 bits per heavy atom. The Morgan fingerprint density at radius 1 is 1.21 bits per heavy atom. The smallest absolute Gasteiger partial charge is 0.132 e. The third kappa shape index (κ3) is 2.80. The Kier molecular flexibility index (Phi) is 4.10. The van der Waals surface area contributed by atoms with Crippen LogP contribution in [-0.2, 0) is 5.54 Å². The third-order valence-corrected chi connectivity index (χ3v) is 6.28. The maximum atomic E-state index is 6.31. The molecule has 1 atom stereocenters. The van der Waals surface area contributed by atoms with Crippen molar-refractivity contribution in [2.45, 2.75) is 39.2 Å². The van der Waals surface area contributed by atoms with Crippen LogP contribution < -0.4 is 4.90 Å². The molecule has 7 nitrogen and oxygen atoms in total. The number of aromatic amines is 1. The molecule has 1 aromatic carbocycles. The number of nitrogens with zero attached hydrogens (tertiary/aromatic N) is 6. The van der Waals surface area contributed by atoms with Gasteiger partial charge in [-0.25, -0.2) is 4.98 Å². The molecule has 1 radical (unpaired) electrons. The molecule has 1 aliphatic heterocycles. The van der Waals surface area contributed by atoms with Crippen LogP contribution in [0.2, 0.25) is 5.02 Å². The summed E-state index contributed by atoms with van der Waals surface area (Å²) in [6.45, 7) is 7.14. The Balaban J connectivity index is 1.61. The Bertz CT molecular complexity index is 1200. The zero-order chi connectivity index (χ0) is 20.2. The fourth-order valence-corrected chi connectivity index (χ4v) is 4.33. The van der Waals surface area contributed by atoms with Crippen LogP contribution in [-0.4, -0.2) is 36.5 Å². The van der Waals surface area contributed by atoms with E-state index in [1.165, 1.54) is 4.80 Å². The number of fused-ring (bicyclic) bond motifs is 1. The molecule has 0 aliphatic carbocycles. The molecule has 0 saturated carbocycles. The number of rotatable bonds is 3. The van der Waals surface area contributed by atoms with Gasteiger partial charge in [0, 0.05) is 17.6 Å². The summed E-state index contributed by atoms with van der Waals surface area (Å²) >= 11 is 6.31. The van der Waals surface area contributed by atoms with E-state index in [-0.39, 0.29) is 5.54 Å². The number of benzene rings is 1. The molecule has 29 heavy (non-hydrogen) atoms. The summed E-state index contributed by atoms with van der Waals surface area (Å²) in [7, 11) is 0. The summed E-state index contributed by atoms with van der Waals surface area (Å²) in [4.78, 5) is 17.0. The van der Waals surface area contributed by atoms with E-state index in [2.05, 4.69) is 38.1 Å². The molecule has 0 amide bonds. The number of hydrogen-bond acceptors (Lipinski definition) is 5. The van der Waals surface area contributed by atoms with Crippen LogP contribution in [0, 0.1) is 19.9 Å². The Hall–Kier alpha value is -2.93. The molecule has 0 unspecified atom stereocenters. The van der Waals surface area contributed by atoms with Gasteiger partial charge in [0.1, 0.15) is 11.5 Å². The highest BCUT2D eigenvalue weighted by Crippen LogP contribution is 2.42. The number of hydrogen-bond donors (Lipinski definition) is 1. The average Bonchev–Trinajstić information content (AvgIpc) is 3.45. The van der Waals surface area contributed by atoms with Crippen molar-refractivity contribution in [3.05, 3.63) is 58.9 Å². The van der Waals surface area contributed by atoms with E-state index in [1.54, 1.807) is 18.6 Å². The van der Waals surface area contributed by atoms with E-state index in [0.717, 1.165) is 63.9 Å². The van der Waals surface area contributed by atoms with Gasteiger partial charge in [-0.15, -0.1) is 4.80 Å². The maximum absolute atomic E-state index is 6.31. The van der Waals surface area contributed by atoms with Crippen LogP contribution in [0.4, 0.5) is 5.69 Å². The predicted molar refractivity (Wildman–Crippen MR) is 112 cm³/mol. The van der Waals surface area contributed by atoms with E-state index < -0.39 is 0 Å². The molecule has 1 fully saturated rings. The molecular weight excluding hydrogens is 386 g/mol. The Labute approximate surface area is 173 Å². The molecule has 147 valence electrons. The summed E-state index contributed by atoms with van der Waals surface area (Å²) < 4.78 is 0. The SMILES string of the molecule is Cc1ncc(-n2nccn2)[c]c1N1CCC[C@@]1(C)c1nc2c(C)c(Cl)ccc2[nH]1. The van der Waals surface area contributed by atoms with Crippen LogP contribution >= 0.6 is 11.6 Å². The van der Waals surface area contributed by atoms with E-state index in [9.17, 15) is 0 Å².